The van der Waals surface area contributed by atoms with E-state index in [1.165, 1.54) is 4.90 Å². The normalized spacial score (nSPS) is 13.1. The number of hydrogen-bond donors (Lipinski definition) is 1. The van der Waals surface area contributed by atoms with Crippen molar-refractivity contribution in [1.29, 1.82) is 0 Å². The number of carbonyl (C=O) groups is 3. The van der Waals surface area contributed by atoms with Crippen molar-refractivity contribution < 1.29 is 14.4 Å². The minimum atomic E-state index is -0.242. The molecule has 6 nitrogen and oxygen atoms in total. The Bertz CT molecular complexity index is 739. The number of unbranched alkanes of at least 4 members (excludes halogenated alkanes) is 1. The minimum absolute atomic E-state index is 0.226. The Labute approximate surface area is 139 Å². The molecule has 1 aliphatic heterocycles. The Hall–Kier alpha value is -3.02. The molecule has 1 aromatic heterocycles. The van der Waals surface area contributed by atoms with E-state index in [1.54, 1.807) is 48.7 Å². The number of nitrogens with one attached hydrogen (secondary N) is 1. The van der Waals surface area contributed by atoms with Crippen LogP contribution in [0.1, 0.15) is 44.0 Å². The molecule has 0 saturated carbocycles. The topological polar surface area (TPSA) is 79.4 Å². The lowest BCUT2D eigenvalue weighted by Crippen LogP contribution is -2.31. The molecule has 1 N–H and O–H groups in total. The van der Waals surface area contributed by atoms with E-state index in [0.717, 1.165) is 0 Å². The van der Waals surface area contributed by atoms with Crippen LogP contribution in [0.3, 0.4) is 0 Å². The van der Waals surface area contributed by atoms with E-state index in [4.69, 9.17) is 0 Å². The summed E-state index contributed by atoms with van der Waals surface area (Å²) in [5.74, 6) is -0.711. The maximum absolute atomic E-state index is 12.2. The minimum Gasteiger partial charge on any atom is -0.351 e. The molecule has 0 atom stereocenters. The maximum Gasteiger partial charge on any atom is 0.269 e. The highest BCUT2D eigenvalue weighted by molar-refractivity contribution is 6.21. The van der Waals surface area contributed by atoms with Crippen LogP contribution >= 0.6 is 0 Å². The van der Waals surface area contributed by atoms with Gasteiger partial charge in [0, 0.05) is 19.3 Å². The van der Waals surface area contributed by atoms with Gasteiger partial charge in [0.05, 0.1) is 11.1 Å². The third-order valence-electron chi connectivity index (χ3n) is 3.87. The van der Waals surface area contributed by atoms with Crippen molar-refractivity contribution in [3.63, 3.8) is 0 Å². The summed E-state index contributed by atoms with van der Waals surface area (Å²) in [5.41, 5.74) is 1.30. The van der Waals surface area contributed by atoms with Crippen LogP contribution in [0.4, 0.5) is 0 Å². The SMILES string of the molecule is O=C(NCCCCN1C(=O)c2ccccc2C1=O)c1ccccn1. The Morgan fingerprint density at radius 3 is 2.25 bits per heavy atom. The molecule has 0 fully saturated rings. The van der Waals surface area contributed by atoms with Crippen LogP contribution in [-0.4, -0.2) is 40.7 Å². The van der Waals surface area contributed by atoms with Gasteiger partial charge in [0.25, 0.3) is 17.7 Å². The third-order valence-corrected chi connectivity index (χ3v) is 3.87. The molecular formula is C18H17N3O3. The lowest BCUT2D eigenvalue weighted by molar-refractivity contribution is 0.0650. The molecule has 0 radical (unpaired) electrons. The van der Waals surface area contributed by atoms with Crippen molar-refractivity contribution >= 4 is 17.7 Å². The fourth-order valence-electron chi connectivity index (χ4n) is 2.63. The van der Waals surface area contributed by atoms with Gasteiger partial charge in [-0.15, -0.1) is 0 Å². The van der Waals surface area contributed by atoms with Crippen LogP contribution in [0.5, 0.6) is 0 Å². The van der Waals surface area contributed by atoms with Crippen molar-refractivity contribution in [3.05, 3.63) is 65.5 Å². The van der Waals surface area contributed by atoms with E-state index in [9.17, 15) is 14.4 Å². The first-order valence-corrected chi connectivity index (χ1v) is 7.83. The molecule has 24 heavy (non-hydrogen) atoms. The number of benzene rings is 1. The molecule has 0 spiro atoms. The number of carbonyl (C=O) groups excluding carboxylic acids is 3. The molecule has 0 aliphatic carbocycles. The summed E-state index contributed by atoms with van der Waals surface area (Å²) in [6.45, 7) is 0.824. The quantitative estimate of drug-likeness (QED) is 0.650. The van der Waals surface area contributed by atoms with E-state index in [1.807, 2.05) is 0 Å². The fraction of sp³-hybridized carbons (Fsp3) is 0.222. The van der Waals surface area contributed by atoms with Crippen LogP contribution in [0.15, 0.2) is 48.7 Å². The number of hydrogen-bond acceptors (Lipinski definition) is 4. The molecule has 0 saturated heterocycles. The van der Waals surface area contributed by atoms with Gasteiger partial charge in [0.15, 0.2) is 0 Å². The summed E-state index contributed by atoms with van der Waals surface area (Å²) in [6.07, 6.45) is 2.87. The Kier molecular flexibility index (Phi) is 4.65. The highest BCUT2D eigenvalue weighted by Crippen LogP contribution is 2.22. The Balaban J connectivity index is 1.44. The molecule has 1 aromatic carbocycles. The van der Waals surface area contributed by atoms with Crippen LogP contribution in [0.25, 0.3) is 0 Å². The van der Waals surface area contributed by atoms with Gasteiger partial charge in [0.2, 0.25) is 0 Å². The van der Waals surface area contributed by atoms with Crippen LogP contribution in [0.2, 0.25) is 0 Å². The lowest BCUT2D eigenvalue weighted by atomic mass is 10.1. The van der Waals surface area contributed by atoms with Crippen molar-refractivity contribution in [2.24, 2.45) is 0 Å². The summed E-state index contributed by atoms with van der Waals surface area (Å²) < 4.78 is 0. The summed E-state index contributed by atoms with van der Waals surface area (Å²) in [5, 5.41) is 2.77. The first-order valence-electron chi connectivity index (χ1n) is 7.83. The second-order valence-electron chi connectivity index (χ2n) is 5.49. The van der Waals surface area contributed by atoms with Gasteiger partial charge < -0.3 is 5.32 Å². The standard InChI is InChI=1S/C18H17N3O3/c22-16(15-9-3-4-10-19-15)20-11-5-6-12-21-17(23)13-7-1-2-8-14(13)18(21)24/h1-4,7-10H,5-6,11-12H2,(H,20,22). The number of pyridine rings is 1. The highest BCUT2D eigenvalue weighted by atomic mass is 16.2. The zero-order chi connectivity index (χ0) is 16.9. The van der Waals surface area contributed by atoms with Gasteiger partial charge in [-0.25, -0.2) is 0 Å². The smallest absolute Gasteiger partial charge is 0.269 e. The number of aromatic nitrogens is 1. The maximum atomic E-state index is 12.2. The van der Waals surface area contributed by atoms with E-state index in [0.29, 0.717) is 42.8 Å². The van der Waals surface area contributed by atoms with E-state index in [-0.39, 0.29) is 17.7 Å². The van der Waals surface area contributed by atoms with Gasteiger partial charge in [0.1, 0.15) is 5.69 Å². The summed E-state index contributed by atoms with van der Waals surface area (Å²) in [7, 11) is 0. The first-order chi connectivity index (χ1) is 11.7. The highest BCUT2D eigenvalue weighted by Gasteiger charge is 2.34. The van der Waals surface area contributed by atoms with Crippen molar-refractivity contribution in [2.45, 2.75) is 12.8 Å². The van der Waals surface area contributed by atoms with Crippen LogP contribution in [0, 0.1) is 0 Å². The summed E-state index contributed by atoms with van der Waals surface area (Å²) in [6, 6.07) is 12.0. The van der Waals surface area contributed by atoms with E-state index < -0.39 is 0 Å². The molecule has 2 aromatic rings. The van der Waals surface area contributed by atoms with E-state index in [2.05, 4.69) is 10.3 Å². The molecule has 3 rings (SSSR count). The molecule has 2 heterocycles. The van der Waals surface area contributed by atoms with Gasteiger partial charge in [-0.2, -0.15) is 0 Å². The van der Waals surface area contributed by atoms with Gasteiger partial charge >= 0.3 is 0 Å². The third kappa shape index (κ3) is 3.17. The zero-order valence-corrected chi connectivity index (χ0v) is 13.1. The number of nitrogens with zero attached hydrogens (tertiary/aromatic N) is 2. The van der Waals surface area contributed by atoms with Gasteiger partial charge in [-0.05, 0) is 37.1 Å². The van der Waals surface area contributed by atoms with Crippen molar-refractivity contribution in [3.8, 4) is 0 Å². The number of imide groups is 1. The van der Waals surface area contributed by atoms with Crippen LogP contribution < -0.4 is 5.32 Å². The van der Waals surface area contributed by atoms with Crippen molar-refractivity contribution in [2.75, 3.05) is 13.1 Å². The summed E-state index contributed by atoms with van der Waals surface area (Å²) in [4.78, 5) is 41.4. The average molecular weight is 323 g/mol. The van der Waals surface area contributed by atoms with Crippen molar-refractivity contribution in [1.82, 2.24) is 15.2 Å². The lowest BCUT2D eigenvalue weighted by Gasteiger charge is -2.13. The molecule has 0 unspecified atom stereocenters. The molecule has 6 heteroatoms. The number of fused-ring (bicyclic) bond motifs is 1. The van der Waals surface area contributed by atoms with Gasteiger partial charge in [-0.3, -0.25) is 24.3 Å². The molecule has 0 bridgehead atoms. The molecule has 3 amide bonds. The van der Waals surface area contributed by atoms with Crippen LogP contribution in [-0.2, 0) is 0 Å². The monoisotopic (exact) mass is 323 g/mol. The predicted molar refractivity (Wildman–Crippen MR) is 87.6 cm³/mol. The fourth-order valence-corrected chi connectivity index (χ4v) is 2.63. The summed E-state index contributed by atoms with van der Waals surface area (Å²) >= 11 is 0. The number of rotatable bonds is 6. The molecule has 1 aliphatic rings. The Morgan fingerprint density at radius 1 is 0.958 bits per heavy atom. The second-order valence-corrected chi connectivity index (χ2v) is 5.49. The largest absolute Gasteiger partial charge is 0.351 e. The average Bonchev–Trinajstić information content (AvgIpc) is 2.87. The van der Waals surface area contributed by atoms with Gasteiger partial charge in [-0.1, -0.05) is 18.2 Å². The molecule has 122 valence electrons. The van der Waals surface area contributed by atoms with E-state index >= 15 is 0 Å². The first kappa shape index (κ1) is 15.9. The molecular weight excluding hydrogens is 306 g/mol. The zero-order valence-electron chi connectivity index (χ0n) is 13.1. The predicted octanol–water partition coefficient (Wildman–Crippen LogP) is 1.89. The second kappa shape index (κ2) is 7.04. The Morgan fingerprint density at radius 2 is 1.62 bits per heavy atom. The number of amides is 3.